The molecule has 0 aliphatic heterocycles. The van der Waals surface area contributed by atoms with Gasteiger partial charge in [0.05, 0.1) is 5.92 Å². The maximum absolute atomic E-state index is 12.7. The summed E-state index contributed by atoms with van der Waals surface area (Å²) in [6, 6.07) is 16.6. The summed E-state index contributed by atoms with van der Waals surface area (Å²) < 4.78 is 5.09. The number of aliphatic carboxylic acids is 2. The van der Waals surface area contributed by atoms with Gasteiger partial charge in [-0.25, -0.2) is 9.59 Å². The molecule has 0 saturated heterocycles. The highest BCUT2D eigenvalue weighted by molar-refractivity contribution is 5.86. The van der Waals surface area contributed by atoms with Crippen LogP contribution in [0.1, 0.15) is 24.0 Å². The Morgan fingerprint density at radius 1 is 0.875 bits per heavy atom. The Kier molecular flexibility index (Phi) is 9.70. The van der Waals surface area contributed by atoms with E-state index in [9.17, 15) is 24.3 Å². The van der Waals surface area contributed by atoms with Crippen LogP contribution in [0.25, 0.3) is 0 Å². The lowest BCUT2D eigenvalue weighted by molar-refractivity contribution is -0.143. The predicted octanol–water partition coefficient (Wildman–Crippen LogP) is 2.21. The molecule has 2 rings (SSSR count). The van der Waals surface area contributed by atoms with E-state index in [1.54, 1.807) is 54.6 Å². The van der Waals surface area contributed by atoms with E-state index in [1.807, 2.05) is 6.07 Å². The Morgan fingerprint density at radius 3 is 2.03 bits per heavy atom. The number of carbonyl (C=O) groups is 4. The van der Waals surface area contributed by atoms with Gasteiger partial charge in [-0.05, 0) is 17.5 Å². The second-order valence-electron chi connectivity index (χ2n) is 7.16. The maximum atomic E-state index is 12.7. The zero-order valence-corrected chi connectivity index (χ0v) is 17.4. The molecule has 170 valence electrons. The van der Waals surface area contributed by atoms with Crippen LogP contribution < -0.4 is 10.6 Å². The molecule has 2 atom stereocenters. The van der Waals surface area contributed by atoms with Crippen LogP contribution in [0.3, 0.4) is 0 Å². The Morgan fingerprint density at radius 2 is 1.47 bits per heavy atom. The summed E-state index contributed by atoms with van der Waals surface area (Å²) >= 11 is 0. The molecule has 2 aromatic carbocycles. The SMILES string of the molecule is O=C(O)CC[C@H](CNC(=O)OCc1ccccc1)C(=O)N[C@@H](Cc1ccccc1)C(=O)O. The zero-order chi connectivity index (χ0) is 23.3. The predicted molar refractivity (Wildman–Crippen MR) is 115 cm³/mol. The summed E-state index contributed by atoms with van der Waals surface area (Å²) in [5.74, 6) is -3.91. The maximum Gasteiger partial charge on any atom is 0.407 e. The lowest BCUT2D eigenvalue weighted by Crippen LogP contribution is -2.47. The van der Waals surface area contributed by atoms with Crippen molar-refractivity contribution >= 4 is 23.9 Å². The van der Waals surface area contributed by atoms with Crippen LogP contribution in [0.15, 0.2) is 60.7 Å². The smallest absolute Gasteiger partial charge is 0.407 e. The summed E-state index contributed by atoms with van der Waals surface area (Å²) in [4.78, 5) is 47.2. The van der Waals surface area contributed by atoms with Crippen LogP contribution in [0.5, 0.6) is 0 Å². The standard InChI is InChI=1S/C23H26N2O7/c26-20(27)12-11-18(14-24-23(31)32-15-17-9-5-2-6-10-17)21(28)25-19(22(29)30)13-16-7-3-1-4-8-16/h1-10,18-19H,11-15H2,(H,24,31)(H,25,28)(H,26,27)(H,29,30)/t18-,19+/m1/s1. The van der Waals surface area contributed by atoms with E-state index < -0.39 is 35.9 Å². The van der Waals surface area contributed by atoms with E-state index >= 15 is 0 Å². The molecule has 0 aliphatic rings. The number of carbonyl (C=O) groups excluding carboxylic acids is 2. The Balaban J connectivity index is 1.94. The molecule has 0 spiro atoms. The monoisotopic (exact) mass is 442 g/mol. The zero-order valence-electron chi connectivity index (χ0n) is 17.4. The molecule has 0 aliphatic carbocycles. The van der Waals surface area contributed by atoms with Gasteiger partial charge in [-0.3, -0.25) is 9.59 Å². The topological polar surface area (TPSA) is 142 Å². The van der Waals surface area contributed by atoms with E-state index in [4.69, 9.17) is 9.84 Å². The number of carboxylic acid groups (broad SMARTS) is 2. The van der Waals surface area contributed by atoms with E-state index in [1.165, 1.54) is 0 Å². The first-order chi connectivity index (χ1) is 15.3. The van der Waals surface area contributed by atoms with Crippen LogP contribution in [0.2, 0.25) is 0 Å². The minimum absolute atomic E-state index is 0.0385. The molecular formula is C23H26N2O7. The van der Waals surface area contributed by atoms with Gasteiger partial charge in [-0.15, -0.1) is 0 Å². The fourth-order valence-corrected chi connectivity index (χ4v) is 2.94. The fourth-order valence-electron chi connectivity index (χ4n) is 2.94. The number of rotatable bonds is 12. The van der Waals surface area contributed by atoms with Gasteiger partial charge < -0.3 is 25.6 Å². The van der Waals surface area contributed by atoms with Crippen molar-refractivity contribution < 1.29 is 34.1 Å². The first-order valence-electron chi connectivity index (χ1n) is 10.1. The number of amides is 2. The van der Waals surface area contributed by atoms with Crippen LogP contribution in [-0.4, -0.2) is 46.7 Å². The lowest BCUT2D eigenvalue weighted by atomic mass is 10.00. The first-order valence-corrected chi connectivity index (χ1v) is 10.1. The minimum Gasteiger partial charge on any atom is -0.481 e. The van der Waals surface area contributed by atoms with E-state index in [2.05, 4.69) is 10.6 Å². The van der Waals surface area contributed by atoms with Gasteiger partial charge in [-0.2, -0.15) is 0 Å². The number of hydrogen-bond donors (Lipinski definition) is 4. The average molecular weight is 442 g/mol. The van der Waals surface area contributed by atoms with Gasteiger partial charge in [0.1, 0.15) is 12.6 Å². The van der Waals surface area contributed by atoms with Crippen LogP contribution in [0.4, 0.5) is 4.79 Å². The highest BCUT2D eigenvalue weighted by atomic mass is 16.5. The average Bonchev–Trinajstić information content (AvgIpc) is 2.78. The van der Waals surface area contributed by atoms with Crippen LogP contribution in [0, 0.1) is 5.92 Å². The fraction of sp³-hybridized carbons (Fsp3) is 0.304. The Labute approximate surface area is 185 Å². The summed E-state index contributed by atoms with van der Waals surface area (Å²) in [6.45, 7) is -0.152. The molecule has 0 heterocycles. The lowest BCUT2D eigenvalue weighted by Gasteiger charge is -2.20. The summed E-state index contributed by atoms with van der Waals surface area (Å²) in [6.07, 6.45) is -1.08. The van der Waals surface area contributed by atoms with Crippen molar-refractivity contribution in [2.45, 2.75) is 31.9 Å². The summed E-state index contributed by atoms with van der Waals surface area (Å²) in [5, 5.41) is 23.3. The number of nitrogens with one attached hydrogen (secondary N) is 2. The van der Waals surface area contributed by atoms with Gasteiger partial charge in [-0.1, -0.05) is 60.7 Å². The normalized spacial score (nSPS) is 12.2. The van der Waals surface area contributed by atoms with Crippen molar-refractivity contribution in [2.24, 2.45) is 5.92 Å². The molecule has 0 saturated carbocycles. The molecule has 9 nitrogen and oxygen atoms in total. The van der Waals surface area contributed by atoms with Crippen molar-refractivity contribution in [2.75, 3.05) is 6.54 Å². The van der Waals surface area contributed by atoms with Crippen molar-refractivity contribution in [1.29, 1.82) is 0 Å². The molecule has 0 fully saturated rings. The molecule has 4 N–H and O–H groups in total. The van der Waals surface area contributed by atoms with Gasteiger partial charge in [0.2, 0.25) is 5.91 Å². The van der Waals surface area contributed by atoms with Crippen molar-refractivity contribution in [3.8, 4) is 0 Å². The van der Waals surface area contributed by atoms with Gasteiger partial charge >= 0.3 is 18.0 Å². The number of hydrogen-bond acceptors (Lipinski definition) is 5. The van der Waals surface area contributed by atoms with E-state index in [-0.39, 0.29) is 32.4 Å². The second kappa shape index (κ2) is 12.7. The molecule has 2 amide bonds. The largest absolute Gasteiger partial charge is 0.481 e. The van der Waals surface area contributed by atoms with E-state index in [0.29, 0.717) is 0 Å². The van der Waals surface area contributed by atoms with E-state index in [0.717, 1.165) is 11.1 Å². The third-order valence-corrected chi connectivity index (χ3v) is 4.68. The number of ether oxygens (including phenoxy) is 1. The number of benzene rings is 2. The van der Waals surface area contributed by atoms with Gasteiger partial charge in [0.15, 0.2) is 0 Å². The Bertz CT molecular complexity index is 903. The molecular weight excluding hydrogens is 416 g/mol. The number of alkyl carbamates (subject to hydrolysis) is 1. The third kappa shape index (κ3) is 8.86. The van der Waals surface area contributed by atoms with Crippen LogP contribution >= 0.6 is 0 Å². The number of carboxylic acids is 2. The highest BCUT2D eigenvalue weighted by Gasteiger charge is 2.26. The summed E-state index contributed by atoms with van der Waals surface area (Å²) in [5.41, 5.74) is 1.51. The minimum atomic E-state index is -1.21. The molecule has 2 aromatic rings. The first kappa shape index (κ1) is 24.4. The molecule has 32 heavy (non-hydrogen) atoms. The molecule has 0 unspecified atom stereocenters. The van der Waals surface area contributed by atoms with Gasteiger partial charge in [0.25, 0.3) is 0 Å². The molecule has 0 bridgehead atoms. The summed E-state index contributed by atoms with van der Waals surface area (Å²) in [7, 11) is 0. The molecule has 9 heteroatoms. The quantitative estimate of drug-likeness (QED) is 0.395. The Hall–Kier alpha value is -3.88. The second-order valence-corrected chi connectivity index (χ2v) is 7.16. The van der Waals surface area contributed by atoms with Crippen LogP contribution in [-0.2, 0) is 32.1 Å². The van der Waals surface area contributed by atoms with Crippen molar-refractivity contribution in [3.63, 3.8) is 0 Å². The highest BCUT2D eigenvalue weighted by Crippen LogP contribution is 2.10. The third-order valence-electron chi connectivity index (χ3n) is 4.68. The molecule has 0 aromatic heterocycles. The molecule has 0 radical (unpaired) electrons. The van der Waals surface area contributed by atoms with Crippen molar-refractivity contribution in [3.05, 3.63) is 71.8 Å². The van der Waals surface area contributed by atoms with Crippen molar-refractivity contribution in [1.82, 2.24) is 10.6 Å². The van der Waals surface area contributed by atoms with Gasteiger partial charge in [0, 0.05) is 19.4 Å².